The molecule has 1 aliphatic carbocycles. The number of rotatable bonds is 3. The molecule has 3 aromatic rings. The highest BCUT2D eigenvalue weighted by molar-refractivity contribution is 6.43. The highest BCUT2D eigenvalue weighted by atomic mass is 35.5. The molecule has 1 fully saturated rings. The first-order chi connectivity index (χ1) is 15.4. The van der Waals surface area contributed by atoms with Crippen LogP contribution in [0.3, 0.4) is 0 Å². The molecule has 0 radical (unpaired) electrons. The van der Waals surface area contributed by atoms with Crippen LogP contribution in [0.1, 0.15) is 41.4 Å². The van der Waals surface area contributed by atoms with Crippen molar-refractivity contribution in [3.8, 4) is 11.3 Å². The number of nitrogens with two attached hydrogens (primary N) is 1. The summed E-state index contributed by atoms with van der Waals surface area (Å²) in [6.45, 7) is 3.39. The topological polar surface area (TPSA) is 75.3 Å². The summed E-state index contributed by atoms with van der Waals surface area (Å²) >= 11 is 12.6. The van der Waals surface area contributed by atoms with Crippen LogP contribution in [0.2, 0.25) is 10.0 Å². The van der Waals surface area contributed by atoms with Crippen molar-refractivity contribution in [3.05, 3.63) is 75.0 Å². The molecule has 0 bridgehead atoms. The van der Waals surface area contributed by atoms with E-state index in [4.69, 9.17) is 38.9 Å². The second kappa shape index (κ2) is 9.40. The van der Waals surface area contributed by atoms with Crippen molar-refractivity contribution in [2.24, 2.45) is 11.1 Å². The Balaban J connectivity index is 0.00000259. The number of anilines is 1. The lowest BCUT2D eigenvalue weighted by Gasteiger charge is -2.43. The molecule has 1 atom stereocenters. The Morgan fingerprint density at radius 3 is 2.52 bits per heavy atom. The molecule has 2 aliphatic rings. The summed E-state index contributed by atoms with van der Waals surface area (Å²) < 4.78 is 0. The van der Waals surface area contributed by atoms with Gasteiger partial charge in [0.15, 0.2) is 5.82 Å². The lowest BCUT2D eigenvalue weighted by molar-refractivity contribution is 0.186. The smallest absolute Gasteiger partial charge is 0.153 e. The molecule has 33 heavy (non-hydrogen) atoms. The maximum absolute atomic E-state index is 10.1. The zero-order valence-electron chi connectivity index (χ0n) is 18.4. The Bertz CT molecular complexity index is 1180. The summed E-state index contributed by atoms with van der Waals surface area (Å²) in [6.07, 6.45) is 2.99. The van der Waals surface area contributed by atoms with E-state index in [1.165, 1.54) is 11.1 Å². The molecule has 1 aliphatic heterocycles. The maximum Gasteiger partial charge on any atom is 0.153 e. The second-order valence-electron chi connectivity index (χ2n) is 8.89. The quantitative estimate of drug-likeness (QED) is 0.490. The molecule has 2 aromatic carbocycles. The maximum atomic E-state index is 10.1. The summed E-state index contributed by atoms with van der Waals surface area (Å²) in [6, 6.07) is 14.1. The van der Waals surface area contributed by atoms with E-state index in [2.05, 4.69) is 29.2 Å². The van der Waals surface area contributed by atoms with Gasteiger partial charge in [-0.3, -0.25) is 0 Å². The molecule has 2 heterocycles. The standard InChI is InChI=1S/C25H26Cl2N4O.ClH/c1-15-22(18-7-4-8-19(26)21(18)27)30-20(14-32)24(29-15)31-11-9-25(10-12-31)13-16-5-2-3-6-17(16)23(25)28;/h2-8,23,32H,9-14,28H2,1H3;1H. The van der Waals surface area contributed by atoms with Gasteiger partial charge in [0.2, 0.25) is 0 Å². The summed E-state index contributed by atoms with van der Waals surface area (Å²) in [5.74, 6) is 0.742. The number of nitrogens with zero attached hydrogens (tertiary/aromatic N) is 3. The number of fused-ring (bicyclic) bond motifs is 1. The first-order valence-corrected chi connectivity index (χ1v) is 11.7. The van der Waals surface area contributed by atoms with Crippen LogP contribution in [0.5, 0.6) is 0 Å². The summed E-state index contributed by atoms with van der Waals surface area (Å²) in [7, 11) is 0. The Labute approximate surface area is 210 Å². The van der Waals surface area contributed by atoms with Gasteiger partial charge in [0.25, 0.3) is 0 Å². The van der Waals surface area contributed by atoms with Crippen LogP contribution in [-0.4, -0.2) is 28.2 Å². The normalized spacial score (nSPS) is 18.8. The van der Waals surface area contributed by atoms with Crippen molar-refractivity contribution in [2.45, 2.75) is 38.8 Å². The van der Waals surface area contributed by atoms with Crippen LogP contribution < -0.4 is 10.6 Å². The van der Waals surface area contributed by atoms with Gasteiger partial charge in [0.05, 0.1) is 28.0 Å². The van der Waals surface area contributed by atoms with Crippen LogP contribution >= 0.6 is 35.6 Å². The van der Waals surface area contributed by atoms with E-state index in [0.29, 0.717) is 21.4 Å². The van der Waals surface area contributed by atoms with Gasteiger partial charge >= 0.3 is 0 Å². The van der Waals surface area contributed by atoms with Crippen LogP contribution in [0.15, 0.2) is 42.5 Å². The Kier molecular flexibility index (Phi) is 6.90. The molecule has 5 nitrogen and oxygen atoms in total. The van der Waals surface area contributed by atoms with Gasteiger partial charge < -0.3 is 15.7 Å². The molecule has 1 saturated heterocycles. The highest BCUT2D eigenvalue weighted by Gasteiger charge is 2.46. The molecule has 174 valence electrons. The SMILES string of the molecule is Cc1nc(N2CCC3(CC2)Cc2ccccc2C3N)c(CO)nc1-c1cccc(Cl)c1Cl.Cl. The van der Waals surface area contributed by atoms with Crippen molar-refractivity contribution < 1.29 is 5.11 Å². The van der Waals surface area contributed by atoms with E-state index in [1.54, 1.807) is 6.07 Å². The number of aliphatic hydroxyl groups excluding tert-OH is 1. The van der Waals surface area contributed by atoms with Gasteiger partial charge in [0.1, 0.15) is 5.69 Å². The fraction of sp³-hybridized carbons (Fsp3) is 0.360. The molecule has 3 N–H and O–H groups in total. The number of halogens is 3. The minimum absolute atomic E-state index is 0. The van der Waals surface area contributed by atoms with Crippen molar-refractivity contribution in [1.82, 2.24) is 9.97 Å². The molecule has 1 spiro atoms. The van der Waals surface area contributed by atoms with Gasteiger partial charge in [-0.15, -0.1) is 12.4 Å². The summed E-state index contributed by atoms with van der Waals surface area (Å²) in [5, 5.41) is 11.0. The first-order valence-electron chi connectivity index (χ1n) is 10.9. The number of hydrogen-bond donors (Lipinski definition) is 2. The van der Waals surface area contributed by atoms with E-state index < -0.39 is 0 Å². The number of benzene rings is 2. The van der Waals surface area contributed by atoms with E-state index in [9.17, 15) is 5.11 Å². The number of piperidine rings is 1. The van der Waals surface area contributed by atoms with Crippen molar-refractivity contribution in [1.29, 1.82) is 0 Å². The van der Waals surface area contributed by atoms with Crippen LogP contribution in [0.4, 0.5) is 5.82 Å². The fourth-order valence-electron chi connectivity index (χ4n) is 5.31. The molecular formula is C25H27Cl3N4O. The monoisotopic (exact) mass is 504 g/mol. The third kappa shape index (κ3) is 4.11. The molecular weight excluding hydrogens is 479 g/mol. The Morgan fingerprint density at radius 2 is 1.82 bits per heavy atom. The van der Waals surface area contributed by atoms with Crippen molar-refractivity contribution >= 4 is 41.4 Å². The molecule has 0 saturated carbocycles. The largest absolute Gasteiger partial charge is 0.390 e. The summed E-state index contributed by atoms with van der Waals surface area (Å²) in [4.78, 5) is 11.8. The lowest BCUT2D eigenvalue weighted by atomic mass is 9.73. The van der Waals surface area contributed by atoms with Crippen LogP contribution in [0, 0.1) is 12.3 Å². The Morgan fingerprint density at radius 1 is 1.09 bits per heavy atom. The minimum Gasteiger partial charge on any atom is -0.390 e. The summed E-state index contributed by atoms with van der Waals surface area (Å²) in [5.41, 5.74) is 12.2. The lowest BCUT2D eigenvalue weighted by Crippen LogP contribution is -2.45. The third-order valence-corrected chi connectivity index (χ3v) is 7.95. The molecule has 5 rings (SSSR count). The average molecular weight is 506 g/mol. The van der Waals surface area contributed by atoms with Gasteiger partial charge in [0, 0.05) is 24.7 Å². The second-order valence-corrected chi connectivity index (χ2v) is 9.68. The minimum atomic E-state index is -0.194. The fourth-order valence-corrected chi connectivity index (χ4v) is 5.70. The molecule has 0 amide bonds. The van der Waals surface area contributed by atoms with Crippen LogP contribution in [0.25, 0.3) is 11.3 Å². The predicted molar refractivity (Wildman–Crippen MR) is 136 cm³/mol. The van der Waals surface area contributed by atoms with Crippen LogP contribution in [-0.2, 0) is 13.0 Å². The van der Waals surface area contributed by atoms with E-state index in [0.717, 1.165) is 49.4 Å². The number of aromatic nitrogens is 2. The first kappa shape index (κ1) is 24.2. The van der Waals surface area contributed by atoms with E-state index >= 15 is 0 Å². The van der Waals surface area contributed by atoms with Crippen molar-refractivity contribution in [3.63, 3.8) is 0 Å². The zero-order valence-corrected chi connectivity index (χ0v) is 20.7. The van der Waals surface area contributed by atoms with Gasteiger partial charge in [-0.25, -0.2) is 9.97 Å². The van der Waals surface area contributed by atoms with Gasteiger partial charge in [-0.2, -0.15) is 0 Å². The zero-order chi connectivity index (χ0) is 22.5. The van der Waals surface area contributed by atoms with Gasteiger partial charge in [-0.1, -0.05) is 59.6 Å². The average Bonchev–Trinajstić information content (AvgIpc) is 3.07. The van der Waals surface area contributed by atoms with Gasteiger partial charge in [-0.05, 0) is 48.8 Å². The van der Waals surface area contributed by atoms with E-state index in [-0.39, 0.29) is 30.5 Å². The molecule has 1 aromatic heterocycles. The number of hydrogen-bond acceptors (Lipinski definition) is 5. The predicted octanol–water partition coefficient (Wildman–Crippen LogP) is 5.52. The third-order valence-electron chi connectivity index (χ3n) is 7.13. The number of aryl methyl sites for hydroxylation is 1. The van der Waals surface area contributed by atoms with Crippen molar-refractivity contribution in [2.75, 3.05) is 18.0 Å². The number of aliphatic hydroxyl groups is 1. The van der Waals surface area contributed by atoms with E-state index in [1.807, 2.05) is 19.1 Å². The highest BCUT2D eigenvalue weighted by Crippen LogP contribution is 2.51. The Hall–Kier alpha value is -1.89. The molecule has 1 unspecified atom stereocenters. The molecule has 8 heteroatoms.